The third-order valence-corrected chi connectivity index (χ3v) is 3.04. The van der Waals surface area contributed by atoms with Crippen molar-refractivity contribution in [2.75, 3.05) is 18.9 Å². The maximum atomic E-state index is 13.4. The molecule has 0 saturated heterocycles. The van der Waals surface area contributed by atoms with Crippen molar-refractivity contribution in [3.63, 3.8) is 0 Å². The van der Waals surface area contributed by atoms with Crippen LogP contribution in [0.1, 0.15) is 18.4 Å². The first kappa shape index (κ1) is 11.9. The van der Waals surface area contributed by atoms with Crippen LogP contribution < -0.4 is 5.32 Å². The summed E-state index contributed by atoms with van der Waals surface area (Å²) in [6.45, 7) is 2.04. The number of anilines is 1. The maximum Gasteiger partial charge on any atom is 0.241 e. The summed E-state index contributed by atoms with van der Waals surface area (Å²) < 4.78 is 13.4. The fourth-order valence-corrected chi connectivity index (χ4v) is 1.74. The van der Waals surface area contributed by atoms with Crippen LogP contribution >= 0.6 is 0 Å². The van der Waals surface area contributed by atoms with Crippen molar-refractivity contribution in [1.82, 2.24) is 4.90 Å². The fraction of sp³-hybridized carbons (Fsp3) is 0.462. The van der Waals surface area contributed by atoms with Gasteiger partial charge in [0.15, 0.2) is 0 Å². The number of hydrogen-bond donors (Lipinski definition) is 1. The average molecular weight is 236 g/mol. The van der Waals surface area contributed by atoms with E-state index >= 15 is 0 Å². The largest absolute Gasteiger partial charge is 0.374 e. The second-order valence-corrected chi connectivity index (χ2v) is 4.57. The van der Waals surface area contributed by atoms with Crippen LogP contribution in [0.15, 0.2) is 18.2 Å². The minimum absolute atomic E-state index is 0.00778. The Bertz CT molecular complexity index is 429. The normalized spacial score (nSPS) is 14.5. The minimum Gasteiger partial charge on any atom is -0.374 e. The first-order chi connectivity index (χ1) is 8.08. The number of rotatable bonds is 4. The Morgan fingerprint density at radius 2 is 2.24 bits per heavy atom. The Morgan fingerprint density at radius 3 is 2.88 bits per heavy atom. The molecule has 1 saturated carbocycles. The molecule has 1 aromatic rings. The van der Waals surface area contributed by atoms with Gasteiger partial charge in [0.05, 0.1) is 12.2 Å². The van der Waals surface area contributed by atoms with Crippen LogP contribution in [0, 0.1) is 12.7 Å². The SMILES string of the molecule is Cc1ccc(F)c(NCC(=O)N(C)C2CC2)c1. The highest BCUT2D eigenvalue weighted by atomic mass is 19.1. The maximum absolute atomic E-state index is 13.4. The summed E-state index contributed by atoms with van der Waals surface area (Å²) in [6, 6.07) is 5.22. The van der Waals surface area contributed by atoms with Gasteiger partial charge in [-0.1, -0.05) is 6.07 Å². The predicted octanol–water partition coefficient (Wildman–Crippen LogP) is 2.17. The predicted molar refractivity (Wildman–Crippen MR) is 65.4 cm³/mol. The molecule has 1 aliphatic rings. The molecule has 1 aromatic carbocycles. The van der Waals surface area contributed by atoms with Crippen LogP contribution in [0.4, 0.5) is 10.1 Å². The van der Waals surface area contributed by atoms with Gasteiger partial charge in [0.25, 0.3) is 0 Å². The number of halogens is 1. The van der Waals surface area contributed by atoms with E-state index in [0.717, 1.165) is 18.4 Å². The molecule has 17 heavy (non-hydrogen) atoms. The lowest BCUT2D eigenvalue weighted by atomic mass is 10.2. The summed E-state index contributed by atoms with van der Waals surface area (Å²) in [5.74, 6) is -0.314. The van der Waals surface area contributed by atoms with E-state index in [2.05, 4.69) is 5.32 Å². The van der Waals surface area contributed by atoms with Crippen molar-refractivity contribution in [2.45, 2.75) is 25.8 Å². The topological polar surface area (TPSA) is 32.3 Å². The molecular formula is C13H17FN2O. The highest BCUT2D eigenvalue weighted by Gasteiger charge is 2.29. The Morgan fingerprint density at radius 1 is 1.53 bits per heavy atom. The van der Waals surface area contributed by atoms with Gasteiger partial charge in [-0.2, -0.15) is 0 Å². The lowest BCUT2D eigenvalue weighted by Gasteiger charge is -2.17. The zero-order valence-electron chi connectivity index (χ0n) is 10.2. The number of benzene rings is 1. The third kappa shape index (κ3) is 2.96. The monoisotopic (exact) mass is 236 g/mol. The zero-order chi connectivity index (χ0) is 12.4. The van der Waals surface area contributed by atoms with E-state index in [1.807, 2.05) is 6.92 Å². The van der Waals surface area contributed by atoms with Gasteiger partial charge in [-0.25, -0.2) is 4.39 Å². The van der Waals surface area contributed by atoms with Gasteiger partial charge < -0.3 is 10.2 Å². The molecule has 1 aliphatic carbocycles. The van der Waals surface area contributed by atoms with Crippen molar-refractivity contribution < 1.29 is 9.18 Å². The van der Waals surface area contributed by atoms with Crippen LogP contribution in [-0.2, 0) is 4.79 Å². The van der Waals surface area contributed by atoms with Gasteiger partial charge in [0.2, 0.25) is 5.91 Å². The van der Waals surface area contributed by atoms with E-state index in [0.29, 0.717) is 11.7 Å². The number of amides is 1. The van der Waals surface area contributed by atoms with Crippen molar-refractivity contribution in [3.8, 4) is 0 Å². The molecule has 4 heteroatoms. The molecular weight excluding hydrogens is 219 g/mol. The van der Waals surface area contributed by atoms with E-state index in [1.165, 1.54) is 6.07 Å². The Hall–Kier alpha value is -1.58. The van der Waals surface area contributed by atoms with Crippen molar-refractivity contribution in [1.29, 1.82) is 0 Å². The molecule has 3 nitrogen and oxygen atoms in total. The number of hydrogen-bond acceptors (Lipinski definition) is 2. The molecule has 92 valence electrons. The molecule has 0 radical (unpaired) electrons. The van der Waals surface area contributed by atoms with E-state index < -0.39 is 0 Å². The molecule has 0 unspecified atom stereocenters. The second-order valence-electron chi connectivity index (χ2n) is 4.57. The molecule has 0 heterocycles. The molecule has 0 bridgehead atoms. The van der Waals surface area contributed by atoms with Crippen LogP contribution in [0.3, 0.4) is 0 Å². The number of carbonyl (C=O) groups excluding carboxylic acids is 1. The Balaban J connectivity index is 1.92. The standard InChI is InChI=1S/C13H17FN2O/c1-9-3-6-11(14)12(7-9)15-8-13(17)16(2)10-4-5-10/h3,6-7,10,15H,4-5,8H2,1-2H3. The first-order valence-electron chi connectivity index (χ1n) is 5.83. The Kier molecular flexibility index (Phi) is 3.31. The van der Waals surface area contributed by atoms with Gasteiger partial charge in [0, 0.05) is 13.1 Å². The number of nitrogens with one attached hydrogen (secondary N) is 1. The second kappa shape index (κ2) is 4.73. The van der Waals surface area contributed by atoms with E-state index in [4.69, 9.17) is 0 Å². The summed E-state index contributed by atoms with van der Waals surface area (Å²) in [7, 11) is 1.80. The molecule has 1 fully saturated rings. The van der Waals surface area contributed by atoms with Crippen molar-refractivity contribution >= 4 is 11.6 Å². The molecule has 2 rings (SSSR count). The lowest BCUT2D eigenvalue weighted by Crippen LogP contribution is -2.33. The fourth-order valence-electron chi connectivity index (χ4n) is 1.74. The van der Waals surface area contributed by atoms with Gasteiger partial charge in [-0.15, -0.1) is 0 Å². The number of likely N-dealkylation sites (N-methyl/N-ethyl adjacent to an activating group) is 1. The van der Waals surface area contributed by atoms with E-state index in [1.54, 1.807) is 24.1 Å². The van der Waals surface area contributed by atoms with Crippen LogP contribution in [0.5, 0.6) is 0 Å². The lowest BCUT2D eigenvalue weighted by molar-refractivity contribution is -0.128. The molecule has 0 spiro atoms. The highest BCUT2D eigenvalue weighted by Crippen LogP contribution is 2.25. The van der Waals surface area contributed by atoms with Crippen LogP contribution in [-0.4, -0.2) is 30.4 Å². The smallest absolute Gasteiger partial charge is 0.241 e. The highest BCUT2D eigenvalue weighted by molar-refractivity contribution is 5.81. The molecule has 0 aromatic heterocycles. The van der Waals surface area contributed by atoms with E-state index in [-0.39, 0.29) is 18.3 Å². The van der Waals surface area contributed by atoms with Gasteiger partial charge in [-0.05, 0) is 37.5 Å². The molecule has 1 amide bonds. The number of nitrogens with zero attached hydrogens (tertiary/aromatic N) is 1. The van der Waals surface area contributed by atoms with Gasteiger partial charge in [0.1, 0.15) is 5.82 Å². The zero-order valence-corrected chi connectivity index (χ0v) is 10.2. The number of carbonyl (C=O) groups is 1. The summed E-state index contributed by atoms with van der Waals surface area (Å²) in [6.07, 6.45) is 2.17. The summed E-state index contributed by atoms with van der Waals surface area (Å²) >= 11 is 0. The van der Waals surface area contributed by atoms with Gasteiger partial charge >= 0.3 is 0 Å². The van der Waals surface area contributed by atoms with Crippen LogP contribution in [0.25, 0.3) is 0 Å². The van der Waals surface area contributed by atoms with E-state index in [9.17, 15) is 9.18 Å². The average Bonchev–Trinajstić information content (AvgIpc) is 3.13. The minimum atomic E-state index is -0.322. The van der Waals surface area contributed by atoms with Crippen molar-refractivity contribution in [2.24, 2.45) is 0 Å². The van der Waals surface area contributed by atoms with Crippen LogP contribution in [0.2, 0.25) is 0 Å². The summed E-state index contributed by atoms with van der Waals surface area (Å²) in [5, 5.41) is 2.85. The molecule has 1 N–H and O–H groups in total. The molecule has 0 atom stereocenters. The summed E-state index contributed by atoms with van der Waals surface area (Å²) in [4.78, 5) is 13.5. The quantitative estimate of drug-likeness (QED) is 0.869. The van der Waals surface area contributed by atoms with Gasteiger partial charge in [-0.3, -0.25) is 4.79 Å². The summed E-state index contributed by atoms with van der Waals surface area (Å²) in [5.41, 5.74) is 1.36. The number of aryl methyl sites for hydroxylation is 1. The van der Waals surface area contributed by atoms with Crippen molar-refractivity contribution in [3.05, 3.63) is 29.6 Å². The Labute approximate surface area is 101 Å². The first-order valence-corrected chi connectivity index (χ1v) is 5.83. The molecule has 0 aliphatic heterocycles. The third-order valence-electron chi connectivity index (χ3n) is 3.04.